The van der Waals surface area contributed by atoms with Crippen LogP contribution in [0.1, 0.15) is 12.0 Å². The van der Waals surface area contributed by atoms with E-state index < -0.39 is 51.0 Å². The van der Waals surface area contributed by atoms with Crippen LogP contribution in [-0.2, 0) is 30.3 Å². The number of sulfone groups is 1. The fourth-order valence-electron chi connectivity index (χ4n) is 2.09. The predicted molar refractivity (Wildman–Crippen MR) is 80.6 cm³/mol. The fourth-order valence-corrected chi connectivity index (χ4v) is 4.03. The fraction of sp³-hybridized carbons (Fsp3) is 0.462. The predicted octanol–water partition coefficient (Wildman–Crippen LogP) is 1.67. The number of carbonyl (C=O) groups is 2. The Morgan fingerprint density at radius 1 is 1.40 bits per heavy atom. The number of hydrogen-bond acceptors (Lipinski definition) is 6. The summed E-state index contributed by atoms with van der Waals surface area (Å²) in [7, 11) is -3.27. The highest BCUT2D eigenvalue weighted by Crippen LogP contribution is 2.32. The van der Waals surface area contributed by atoms with Crippen molar-refractivity contribution in [1.82, 2.24) is 4.98 Å². The quantitative estimate of drug-likeness (QED) is 0.771. The van der Waals surface area contributed by atoms with Gasteiger partial charge in [0.1, 0.15) is 0 Å². The summed E-state index contributed by atoms with van der Waals surface area (Å²) in [5.41, 5.74) is -1.08. The molecule has 1 unspecified atom stereocenters. The second-order valence-corrected chi connectivity index (χ2v) is 7.94. The molecule has 1 N–H and O–H groups in total. The Labute approximate surface area is 145 Å². The lowest BCUT2D eigenvalue weighted by Gasteiger charge is -2.11. The molecule has 1 aromatic heterocycles. The summed E-state index contributed by atoms with van der Waals surface area (Å²) in [6, 6.07) is 0.597. The SMILES string of the molecule is O=C(COC(=O)C1CCS(=O)(=O)C1)Nc1ncc(C(F)(F)F)cc1Cl. The molecule has 25 heavy (non-hydrogen) atoms. The van der Waals surface area contributed by atoms with Crippen LogP contribution in [0.2, 0.25) is 5.02 Å². The maximum atomic E-state index is 12.5. The molecule has 1 aliphatic rings. The number of halogens is 4. The number of hydrogen-bond donors (Lipinski definition) is 1. The van der Waals surface area contributed by atoms with E-state index in [0.717, 1.165) is 0 Å². The average molecular weight is 401 g/mol. The number of rotatable bonds is 4. The molecular formula is C13H12ClF3N2O5S. The Kier molecular flexibility index (Phi) is 5.57. The highest BCUT2D eigenvalue weighted by Gasteiger charge is 2.34. The first-order chi connectivity index (χ1) is 11.5. The van der Waals surface area contributed by atoms with Crippen LogP contribution in [-0.4, -0.2) is 43.4 Å². The van der Waals surface area contributed by atoms with E-state index in [2.05, 4.69) is 10.3 Å². The number of carbonyl (C=O) groups excluding carboxylic acids is 2. The van der Waals surface area contributed by atoms with Crippen molar-refractivity contribution < 1.29 is 35.9 Å². The average Bonchev–Trinajstić information content (AvgIpc) is 2.86. The second kappa shape index (κ2) is 7.16. The molecule has 12 heteroatoms. The first kappa shape index (κ1) is 19.4. The Morgan fingerprint density at radius 2 is 2.08 bits per heavy atom. The Morgan fingerprint density at radius 3 is 2.60 bits per heavy atom. The molecule has 0 bridgehead atoms. The second-order valence-electron chi connectivity index (χ2n) is 5.31. The van der Waals surface area contributed by atoms with Crippen LogP contribution in [0.4, 0.5) is 19.0 Å². The van der Waals surface area contributed by atoms with Crippen molar-refractivity contribution in [2.24, 2.45) is 5.92 Å². The zero-order valence-electron chi connectivity index (χ0n) is 12.5. The van der Waals surface area contributed by atoms with Crippen molar-refractivity contribution >= 4 is 39.1 Å². The van der Waals surface area contributed by atoms with E-state index >= 15 is 0 Å². The molecule has 7 nitrogen and oxygen atoms in total. The molecule has 0 radical (unpaired) electrons. The van der Waals surface area contributed by atoms with Gasteiger partial charge in [-0.2, -0.15) is 13.2 Å². The monoisotopic (exact) mass is 400 g/mol. The molecule has 2 rings (SSSR count). The number of pyridine rings is 1. The lowest BCUT2D eigenvalue weighted by Crippen LogP contribution is -2.25. The van der Waals surface area contributed by atoms with Crippen LogP contribution in [0.15, 0.2) is 12.3 Å². The Balaban J connectivity index is 1.89. The largest absolute Gasteiger partial charge is 0.455 e. The molecule has 1 atom stereocenters. The van der Waals surface area contributed by atoms with E-state index in [-0.39, 0.29) is 23.7 Å². The molecule has 2 heterocycles. The number of anilines is 1. The van der Waals surface area contributed by atoms with Crippen molar-refractivity contribution in [2.75, 3.05) is 23.4 Å². The third-order valence-corrected chi connectivity index (χ3v) is 5.39. The zero-order valence-corrected chi connectivity index (χ0v) is 14.0. The smallest absolute Gasteiger partial charge is 0.417 e. The number of alkyl halides is 3. The summed E-state index contributed by atoms with van der Waals surface area (Å²) in [5.74, 6) is -3.31. The lowest BCUT2D eigenvalue weighted by molar-refractivity contribution is -0.150. The van der Waals surface area contributed by atoms with Gasteiger partial charge in [-0.15, -0.1) is 0 Å². The van der Waals surface area contributed by atoms with Crippen LogP contribution in [0.3, 0.4) is 0 Å². The number of esters is 1. The number of nitrogens with one attached hydrogen (secondary N) is 1. The molecule has 0 saturated carbocycles. The van der Waals surface area contributed by atoms with E-state index in [0.29, 0.717) is 12.3 Å². The van der Waals surface area contributed by atoms with Gasteiger partial charge in [-0.3, -0.25) is 9.59 Å². The van der Waals surface area contributed by atoms with Crippen molar-refractivity contribution in [3.8, 4) is 0 Å². The maximum Gasteiger partial charge on any atom is 0.417 e. The van der Waals surface area contributed by atoms with E-state index in [4.69, 9.17) is 16.3 Å². The van der Waals surface area contributed by atoms with Gasteiger partial charge in [-0.1, -0.05) is 11.6 Å². The van der Waals surface area contributed by atoms with Crippen molar-refractivity contribution in [2.45, 2.75) is 12.6 Å². The van der Waals surface area contributed by atoms with Gasteiger partial charge in [0.25, 0.3) is 5.91 Å². The number of ether oxygens (including phenoxy) is 1. The molecule has 1 aliphatic heterocycles. The molecule has 1 fully saturated rings. The molecule has 1 saturated heterocycles. The van der Waals surface area contributed by atoms with Gasteiger partial charge >= 0.3 is 12.1 Å². The van der Waals surface area contributed by atoms with Gasteiger partial charge in [0.05, 0.1) is 28.0 Å². The van der Waals surface area contributed by atoms with E-state index in [1.165, 1.54) is 0 Å². The van der Waals surface area contributed by atoms with Crippen LogP contribution in [0.25, 0.3) is 0 Å². The first-order valence-electron chi connectivity index (χ1n) is 6.87. The Hall–Kier alpha value is -1.88. The minimum Gasteiger partial charge on any atom is -0.455 e. The topological polar surface area (TPSA) is 102 Å². The van der Waals surface area contributed by atoms with Gasteiger partial charge < -0.3 is 10.1 Å². The molecule has 0 spiro atoms. The van der Waals surface area contributed by atoms with E-state index in [1.807, 2.05) is 0 Å². The molecule has 1 aromatic rings. The first-order valence-corrected chi connectivity index (χ1v) is 9.07. The van der Waals surface area contributed by atoms with Crippen molar-refractivity contribution in [3.05, 3.63) is 22.8 Å². The van der Waals surface area contributed by atoms with Crippen LogP contribution < -0.4 is 5.32 Å². The minimum atomic E-state index is -4.63. The van der Waals surface area contributed by atoms with Gasteiger partial charge in [-0.25, -0.2) is 13.4 Å². The van der Waals surface area contributed by atoms with Crippen LogP contribution >= 0.6 is 11.6 Å². The zero-order chi connectivity index (χ0) is 18.8. The highest BCUT2D eigenvalue weighted by molar-refractivity contribution is 7.91. The third kappa shape index (κ3) is 5.30. The van der Waals surface area contributed by atoms with Crippen LogP contribution in [0, 0.1) is 5.92 Å². The normalized spacial score (nSPS) is 19.4. The van der Waals surface area contributed by atoms with Gasteiger partial charge in [-0.05, 0) is 12.5 Å². The van der Waals surface area contributed by atoms with E-state index in [1.54, 1.807) is 0 Å². The standard InChI is InChI=1S/C13H12ClF3N2O5S/c14-9-3-8(13(15,16)17)4-18-11(9)19-10(20)5-24-12(21)7-1-2-25(22,23)6-7/h3-4,7H,1-2,5-6H2,(H,18,19,20). The number of amides is 1. The lowest BCUT2D eigenvalue weighted by atomic mass is 10.1. The summed E-state index contributed by atoms with van der Waals surface area (Å²) in [6.07, 6.45) is -4.01. The van der Waals surface area contributed by atoms with Crippen LogP contribution in [0.5, 0.6) is 0 Å². The van der Waals surface area contributed by atoms with Crippen molar-refractivity contribution in [3.63, 3.8) is 0 Å². The van der Waals surface area contributed by atoms with Gasteiger partial charge in [0.15, 0.2) is 22.3 Å². The third-order valence-electron chi connectivity index (χ3n) is 3.34. The summed E-state index contributed by atoms with van der Waals surface area (Å²) < 4.78 is 64.7. The van der Waals surface area contributed by atoms with E-state index in [9.17, 15) is 31.2 Å². The molecule has 138 valence electrons. The maximum absolute atomic E-state index is 12.5. The van der Waals surface area contributed by atoms with Gasteiger partial charge in [0.2, 0.25) is 0 Å². The number of nitrogens with zero attached hydrogens (tertiary/aromatic N) is 1. The van der Waals surface area contributed by atoms with Gasteiger partial charge in [0, 0.05) is 6.20 Å². The highest BCUT2D eigenvalue weighted by atomic mass is 35.5. The summed E-state index contributed by atoms with van der Waals surface area (Å²) >= 11 is 5.63. The summed E-state index contributed by atoms with van der Waals surface area (Å²) in [5, 5.41) is 1.67. The molecule has 0 aromatic carbocycles. The minimum absolute atomic E-state index is 0.120. The summed E-state index contributed by atoms with van der Waals surface area (Å²) in [4.78, 5) is 26.7. The summed E-state index contributed by atoms with van der Waals surface area (Å²) in [6.45, 7) is -0.742. The number of aromatic nitrogens is 1. The molecule has 0 aliphatic carbocycles. The Bertz CT molecular complexity index is 797. The molecule has 1 amide bonds. The molecular weight excluding hydrogens is 389 g/mol. The van der Waals surface area contributed by atoms with Crippen molar-refractivity contribution in [1.29, 1.82) is 0 Å².